The standard InChI is InChI=1S/C12H16Cl2N4O/c13-8-5-10(14)12(16-6-8)17-9-1-3-18(4-2-9)7-11(15)19/h5-6,9H,1-4,7H2,(H2,15,19)(H,16,17). The van der Waals surface area contributed by atoms with Crippen LogP contribution in [0.3, 0.4) is 0 Å². The first-order valence-electron chi connectivity index (χ1n) is 6.13. The summed E-state index contributed by atoms with van der Waals surface area (Å²) in [5, 5.41) is 4.35. The van der Waals surface area contributed by atoms with Gasteiger partial charge in [0.15, 0.2) is 0 Å². The highest BCUT2D eigenvalue weighted by Gasteiger charge is 2.20. The van der Waals surface area contributed by atoms with Crippen molar-refractivity contribution in [2.75, 3.05) is 25.0 Å². The Bertz CT molecular complexity index is 461. The van der Waals surface area contributed by atoms with Crippen LogP contribution in [0.2, 0.25) is 10.0 Å². The van der Waals surface area contributed by atoms with Crippen molar-refractivity contribution < 1.29 is 4.79 Å². The molecule has 7 heteroatoms. The lowest BCUT2D eigenvalue weighted by atomic mass is 10.1. The van der Waals surface area contributed by atoms with Gasteiger partial charge >= 0.3 is 0 Å². The smallest absolute Gasteiger partial charge is 0.231 e. The average Bonchev–Trinajstić information content (AvgIpc) is 2.34. The highest BCUT2D eigenvalue weighted by Crippen LogP contribution is 2.24. The number of carbonyl (C=O) groups excluding carboxylic acids is 1. The lowest BCUT2D eigenvalue weighted by molar-refractivity contribution is -0.119. The van der Waals surface area contributed by atoms with Crippen molar-refractivity contribution in [1.29, 1.82) is 0 Å². The van der Waals surface area contributed by atoms with E-state index in [2.05, 4.69) is 15.2 Å². The molecule has 19 heavy (non-hydrogen) atoms. The number of nitrogens with one attached hydrogen (secondary N) is 1. The van der Waals surface area contributed by atoms with Crippen LogP contribution in [0.1, 0.15) is 12.8 Å². The molecule has 0 bridgehead atoms. The molecule has 0 saturated carbocycles. The molecule has 1 saturated heterocycles. The summed E-state index contributed by atoms with van der Waals surface area (Å²) in [6.07, 6.45) is 3.42. The molecule has 1 aliphatic heterocycles. The van der Waals surface area contributed by atoms with Crippen LogP contribution in [0, 0.1) is 0 Å². The SMILES string of the molecule is NC(=O)CN1CCC(Nc2ncc(Cl)cc2Cl)CC1. The molecule has 1 fully saturated rings. The van der Waals surface area contributed by atoms with Crippen molar-refractivity contribution >= 4 is 34.9 Å². The summed E-state index contributed by atoms with van der Waals surface area (Å²) in [6.45, 7) is 2.00. The Morgan fingerprint density at radius 1 is 1.47 bits per heavy atom. The van der Waals surface area contributed by atoms with Crippen molar-refractivity contribution in [3.63, 3.8) is 0 Å². The van der Waals surface area contributed by atoms with Crippen LogP contribution in [0.5, 0.6) is 0 Å². The number of halogens is 2. The zero-order valence-corrected chi connectivity index (χ0v) is 11.9. The van der Waals surface area contributed by atoms with Crippen LogP contribution in [-0.2, 0) is 4.79 Å². The van der Waals surface area contributed by atoms with E-state index >= 15 is 0 Å². The molecule has 2 rings (SSSR count). The van der Waals surface area contributed by atoms with E-state index in [0.29, 0.717) is 28.4 Å². The molecule has 0 radical (unpaired) electrons. The molecule has 1 amide bonds. The first-order valence-corrected chi connectivity index (χ1v) is 6.88. The minimum atomic E-state index is -0.283. The van der Waals surface area contributed by atoms with Gasteiger partial charge in [0.2, 0.25) is 5.91 Å². The number of amides is 1. The average molecular weight is 303 g/mol. The predicted molar refractivity (Wildman–Crippen MR) is 76.5 cm³/mol. The van der Waals surface area contributed by atoms with E-state index in [1.165, 1.54) is 0 Å². The Morgan fingerprint density at radius 3 is 2.74 bits per heavy atom. The number of pyridine rings is 1. The predicted octanol–water partition coefficient (Wildman–Crippen LogP) is 1.75. The van der Waals surface area contributed by atoms with Gasteiger partial charge in [0, 0.05) is 25.3 Å². The minimum absolute atomic E-state index is 0.283. The number of primary amides is 1. The van der Waals surface area contributed by atoms with Crippen molar-refractivity contribution in [3.8, 4) is 0 Å². The fourth-order valence-corrected chi connectivity index (χ4v) is 2.60. The van der Waals surface area contributed by atoms with Gasteiger partial charge in [0.1, 0.15) is 5.82 Å². The van der Waals surface area contributed by atoms with Gasteiger partial charge in [-0.1, -0.05) is 23.2 Å². The van der Waals surface area contributed by atoms with Crippen LogP contribution in [0.4, 0.5) is 5.82 Å². The first-order chi connectivity index (χ1) is 9.04. The number of hydrogen-bond acceptors (Lipinski definition) is 4. The van der Waals surface area contributed by atoms with Gasteiger partial charge in [-0.25, -0.2) is 4.98 Å². The third kappa shape index (κ3) is 4.23. The van der Waals surface area contributed by atoms with Gasteiger partial charge in [-0.05, 0) is 18.9 Å². The Hall–Kier alpha value is -1.04. The lowest BCUT2D eigenvalue weighted by Crippen LogP contribution is -2.43. The normalized spacial score (nSPS) is 17.4. The molecule has 0 unspecified atom stereocenters. The Morgan fingerprint density at radius 2 is 2.16 bits per heavy atom. The zero-order chi connectivity index (χ0) is 13.8. The van der Waals surface area contributed by atoms with Crippen molar-refractivity contribution in [1.82, 2.24) is 9.88 Å². The molecule has 104 valence electrons. The maximum atomic E-state index is 10.8. The van der Waals surface area contributed by atoms with Crippen molar-refractivity contribution in [2.24, 2.45) is 5.73 Å². The molecule has 0 atom stereocenters. The van der Waals surface area contributed by atoms with Gasteiger partial charge in [0.25, 0.3) is 0 Å². The quantitative estimate of drug-likeness (QED) is 0.889. The fourth-order valence-electron chi connectivity index (χ4n) is 2.17. The summed E-state index contributed by atoms with van der Waals surface area (Å²) in [4.78, 5) is 17.1. The molecule has 1 aliphatic rings. The van der Waals surface area contributed by atoms with Gasteiger partial charge in [0.05, 0.1) is 16.6 Å². The summed E-state index contributed by atoms with van der Waals surface area (Å²) in [5.41, 5.74) is 5.18. The second-order valence-corrected chi connectivity index (χ2v) is 5.49. The summed E-state index contributed by atoms with van der Waals surface area (Å²) in [7, 11) is 0. The van der Waals surface area contributed by atoms with E-state index in [0.717, 1.165) is 25.9 Å². The summed E-state index contributed by atoms with van der Waals surface area (Å²) in [5.74, 6) is 0.369. The van der Waals surface area contributed by atoms with E-state index in [9.17, 15) is 4.79 Å². The van der Waals surface area contributed by atoms with Crippen LogP contribution in [-0.4, -0.2) is 41.5 Å². The summed E-state index contributed by atoms with van der Waals surface area (Å²) < 4.78 is 0. The maximum Gasteiger partial charge on any atom is 0.231 e. The second-order valence-electron chi connectivity index (χ2n) is 4.65. The van der Waals surface area contributed by atoms with Crippen LogP contribution in [0.15, 0.2) is 12.3 Å². The minimum Gasteiger partial charge on any atom is -0.369 e. The Balaban J connectivity index is 1.87. The number of rotatable bonds is 4. The molecule has 2 heterocycles. The number of piperidine rings is 1. The number of nitrogens with zero attached hydrogens (tertiary/aromatic N) is 2. The van der Waals surface area contributed by atoms with E-state index < -0.39 is 0 Å². The number of aromatic nitrogens is 1. The van der Waals surface area contributed by atoms with E-state index in [1.54, 1.807) is 12.3 Å². The van der Waals surface area contributed by atoms with Crippen molar-refractivity contribution in [3.05, 3.63) is 22.3 Å². The van der Waals surface area contributed by atoms with Gasteiger partial charge in [-0.3, -0.25) is 9.69 Å². The molecule has 0 aromatic carbocycles. The van der Waals surface area contributed by atoms with E-state index in [4.69, 9.17) is 28.9 Å². The largest absolute Gasteiger partial charge is 0.369 e. The lowest BCUT2D eigenvalue weighted by Gasteiger charge is -2.31. The second kappa shape index (κ2) is 6.41. The number of anilines is 1. The van der Waals surface area contributed by atoms with Crippen LogP contribution >= 0.6 is 23.2 Å². The monoisotopic (exact) mass is 302 g/mol. The number of nitrogens with two attached hydrogens (primary N) is 1. The molecule has 0 spiro atoms. The van der Waals surface area contributed by atoms with Crippen LogP contribution < -0.4 is 11.1 Å². The molecule has 5 nitrogen and oxygen atoms in total. The van der Waals surface area contributed by atoms with Gasteiger partial charge in [-0.2, -0.15) is 0 Å². The molecule has 1 aromatic rings. The number of hydrogen-bond donors (Lipinski definition) is 2. The van der Waals surface area contributed by atoms with E-state index in [-0.39, 0.29) is 5.91 Å². The zero-order valence-electron chi connectivity index (χ0n) is 10.4. The maximum absolute atomic E-state index is 10.8. The molecular formula is C12H16Cl2N4O. The molecule has 3 N–H and O–H groups in total. The van der Waals surface area contributed by atoms with Crippen molar-refractivity contribution in [2.45, 2.75) is 18.9 Å². The molecule has 1 aromatic heterocycles. The number of likely N-dealkylation sites (tertiary alicyclic amines) is 1. The number of carbonyl (C=O) groups is 1. The summed E-state index contributed by atoms with van der Waals surface area (Å²) in [6, 6.07) is 1.97. The highest BCUT2D eigenvalue weighted by molar-refractivity contribution is 6.35. The van der Waals surface area contributed by atoms with Crippen LogP contribution in [0.25, 0.3) is 0 Å². The summed E-state index contributed by atoms with van der Waals surface area (Å²) >= 11 is 11.9. The third-order valence-electron chi connectivity index (χ3n) is 3.12. The van der Waals surface area contributed by atoms with E-state index in [1.807, 2.05) is 0 Å². The fraction of sp³-hybridized carbons (Fsp3) is 0.500. The topological polar surface area (TPSA) is 71.2 Å². The Kier molecular flexibility index (Phi) is 4.85. The molecular weight excluding hydrogens is 287 g/mol. The van der Waals surface area contributed by atoms with Gasteiger partial charge in [-0.15, -0.1) is 0 Å². The molecule has 0 aliphatic carbocycles. The van der Waals surface area contributed by atoms with Gasteiger partial charge < -0.3 is 11.1 Å². The Labute approximate surface area is 122 Å². The highest BCUT2D eigenvalue weighted by atomic mass is 35.5. The third-order valence-corrected chi connectivity index (χ3v) is 3.61. The first kappa shape index (κ1) is 14.4.